The zero-order valence-corrected chi connectivity index (χ0v) is 16.1. The van der Waals surface area contributed by atoms with E-state index in [4.69, 9.17) is 4.74 Å². The van der Waals surface area contributed by atoms with E-state index >= 15 is 0 Å². The topological polar surface area (TPSA) is 65.4 Å². The summed E-state index contributed by atoms with van der Waals surface area (Å²) in [6, 6.07) is 9.18. The number of nitrogens with zero attached hydrogens (tertiary/aromatic N) is 3. The molecule has 1 atom stereocenters. The standard InChI is InChI=1S/C20H23N3O3S/c1-26-18-11-14(6-7-17(18)24)15-12-16(19-5-4-10-27-19)23(21-15)20(25)13-22-8-2-3-9-22/h4-7,10-11,16,24H,2-3,8-9,12-13H2,1H3/t16-/m0/s1. The van der Waals surface area contributed by atoms with Crippen LogP contribution >= 0.6 is 11.3 Å². The van der Waals surface area contributed by atoms with Crippen LogP contribution in [0, 0.1) is 0 Å². The molecule has 0 bridgehead atoms. The maximum absolute atomic E-state index is 13.0. The Kier molecular flexibility index (Phi) is 5.13. The molecule has 2 aliphatic heterocycles. The molecular weight excluding hydrogens is 362 g/mol. The van der Waals surface area contributed by atoms with Crippen molar-refractivity contribution in [2.75, 3.05) is 26.7 Å². The fourth-order valence-electron chi connectivity index (χ4n) is 3.68. The fourth-order valence-corrected chi connectivity index (χ4v) is 4.49. The Morgan fingerprint density at radius 3 is 2.85 bits per heavy atom. The number of hydrogen-bond donors (Lipinski definition) is 1. The lowest BCUT2D eigenvalue weighted by Gasteiger charge is -2.23. The minimum atomic E-state index is -0.0742. The van der Waals surface area contributed by atoms with Gasteiger partial charge in [0.05, 0.1) is 25.4 Å². The molecule has 1 fully saturated rings. The van der Waals surface area contributed by atoms with Crippen LogP contribution in [0.1, 0.15) is 35.7 Å². The summed E-state index contributed by atoms with van der Waals surface area (Å²) in [6.45, 7) is 2.38. The van der Waals surface area contributed by atoms with Crippen LogP contribution in [0.15, 0.2) is 40.8 Å². The summed E-state index contributed by atoms with van der Waals surface area (Å²) in [5.41, 5.74) is 1.70. The van der Waals surface area contributed by atoms with Crippen molar-refractivity contribution in [3.05, 3.63) is 46.2 Å². The number of benzene rings is 1. The van der Waals surface area contributed by atoms with Crippen molar-refractivity contribution < 1.29 is 14.6 Å². The first-order valence-electron chi connectivity index (χ1n) is 9.18. The number of phenolic OH excluding ortho intramolecular Hbond substituents is 1. The van der Waals surface area contributed by atoms with Gasteiger partial charge in [-0.15, -0.1) is 11.3 Å². The van der Waals surface area contributed by atoms with Gasteiger partial charge in [0.15, 0.2) is 11.5 Å². The summed E-state index contributed by atoms with van der Waals surface area (Å²) in [7, 11) is 1.52. The van der Waals surface area contributed by atoms with E-state index < -0.39 is 0 Å². The molecule has 142 valence electrons. The molecule has 0 spiro atoms. The van der Waals surface area contributed by atoms with Crippen LogP contribution in [0.25, 0.3) is 0 Å². The first-order valence-corrected chi connectivity index (χ1v) is 10.1. The Balaban J connectivity index is 1.61. The van der Waals surface area contributed by atoms with E-state index in [2.05, 4.69) is 16.1 Å². The number of hydrogen-bond acceptors (Lipinski definition) is 6. The molecule has 0 saturated carbocycles. The zero-order valence-electron chi connectivity index (χ0n) is 15.3. The Morgan fingerprint density at radius 2 is 2.15 bits per heavy atom. The van der Waals surface area contributed by atoms with E-state index in [1.807, 2.05) is 17.5 Å². The number of hydrazone groups is 1. The molecule has 6 nitrogen and oxygen atoms in total. The van der Waals surface area contributed by atoms with Crippen LogP contribution in [0.4, 0.5) is 0 Å². The number of phenols is 1. The third-order valence-corrected chi connectivity index (χ3v) is 6.08. The molecule has 2 aromatic rings. The third-order valence-electron chi connectivity index (χ3n) is 5.11. The highest BCUT2D eigenvalue weighted by Crippen LogP contribution is 2.36. The average Bonchev–Trinajstić information content (AvgIpc) is 3.42. The summed E-state index contributed by atoms with van der Waals surface area (Å²) >= 11 is 1.65. The van der Waals surface area contributed by atoms with Gasteiger partial charge in [0, 0.05) is 16.9 Å². The van der Waals surface area contributed by atoms with Crippen molar-refractivity contribution >= 4 is 23.0 Å². The number of thiophene rings is 1. The Labute approximate surface area is 162 Å². The SMILES string of the molecule is COc1cc(C2=NN(C(=O)CN3CCCC3)[C@H](c3cccs3)C2)ccc1O. The molecule has 27 heavy (non-hydrogen) atoms. The van der Waals surface area contributed by atoms with Crippen LogP contribution in [-0.2, 0) is 4.79 Å². The van der Waals surface area contributed by atoms with Crippen molar-refractivity contribution in [3.8, 4) is 11.5 Å². The van der Waals surface area contributed by atoms with E-state index in [-0.39, 0.29) is 17.7 Å². The van der Waals surface area contributed by atoms with Crippen molar-refractivity contribution in [3.63, 3.8) is 0 Å². The van der Waals surface area contributed by atoms with Crippen LogP contribution in [-0.4, -0.2) is 53.4 Å². The maximum atomic E-state index is 13.0. The van der Waals surface area contributed by atoms with E-state index in [1.54, 1.807) is 28.5 Å². The Bertz CT molecular complexity index is 844. The van der Waals surface area contributed by atoms with Gasteiger partial charge in [0.2, 0.25) is 0 Å². The molecule has 1 amide bonds. The first kappa shape index (κ1) is 18.0. The average molecular weight is 385 g/mol. The highest BCUT2D eigenvalue weighted by molar-refractivity contribution is 7.10. The smallest absolute Gasteiger partial charge is 0.257 e. The minimum Gasteiger partial charge on any atom is -0.504 e. The number of carbonyl (C=O) groups excluding carboxylic acids is 1. The quantitative estimate of drug-likeness (QED) is 0.858. The van der Waals surface area contributed by atoms with Gasteiger partial charge in [-0.1, -0.05) is 6.07 Å². The number of amides is 1. The molecule has 1 saturated heterocycles. The van der Waals surface area contributed by atoms with Crippen LogP contribution in [0.2, 0.25) is 0 Å². The number of ether oxygens (including phenoxy) is 1. The molecular formula is C20H23N3O3S. The first-order chi connectivity index (χ1) is 13.2. The summed E-state index contributed by atoms with van der Waals surface area (Å²) < 4.78 is 5.22. The van der Waals surface area contributed by atoms with Crippen molar-refractivity contribution in [1.82, 2.24) is 9.91 Å². The van der Waals surface area contributed by atoms with Crippen molar-refractivity contribution in [2.45, 2.75) is 25.3 Å². The fraction of sp³-hybridized carbons (Fsp3) is 0.400. The highest BCUT2D eigenvalue weighted by atomic mass is 32.1. The van der Waals surface area contributed by atoms with E-state index in [1.165, 1.54) is 7.11 Å². The molecule has 2 aliphatic rings. The summed E-state index contributed by atoms with van der Waals surface area (Å²) in [4.78, 5) is 16.3. The van der Waals surface area contributed by atoms with Gasteiger partial charge < -0.3 is 9.84 Å². The minimum absolute atomic E-state index is 0.0380. The highest BCUT2D eigenvalue weighted by Gasteiger charge is 2.34. The van der Waals surface area contributed by atoms with Gasteiger partial charge in [-0.05, 0) is 55.6 Å². The second-order valence-corrected chi connectivity index (χ2v) is 7.87. The lowest BCUT2D eigenvalue weighted by Crippen LogP contribution is -2.36. The summed E-state index contributed by atoms with van der Waals surface area (Å²) in [5, 5.41) is 18.2. The third kappa shape index (κ3) is 3.70. The van der Waals surface area contributed by atoms with E-state index in [0.717, 1.165) is 42.1 Å². The van der Waals surface area contributed by atoms with Crippen LogP contribution in [0.3, 0.4) is 0 Å². The van der Waals surface area contributed by atoms with Gasteiger partial charge in [0.25, 0.3) is 5.91 Å². The second kappa shape index (κ2) is 7.70. The van der Waals surface area contributed by atoms with Gasteiger partial charge >= 0.3 is 0 Å². The molecule has 0 aliphatic carbocycles. The number of methoxy groups -OCH3 is 1. The second-order valence-electron chi connectivity index (χ2n) is 6.89. The van der Waals surface area contributed by atoms with Gasteiger partial charge in [-0.2, -0.15) is 5.10 Å². The number of aromatic hydroxyl groups is 1. The summed E-state index contributed by atoms with van der Waals surface area (Å²) in [6.07, 6.45) is 2.97. The largest absolute Gasteiger partial charge is 0.504 e. The normalized spacial score (nSPS) is 20.1. The number of rotatable bonds is 5. The molecule has 1 aromatic heterocycles. The molecule has 1 N–H and O–H groups in total. The Hall–Kier alpha value is -2.38. The van der Waals surface area contributed by atoms with Gasteiger partial charge in [-0.25, -0.2) is 5.01 Å². The summed E-state index contributed by atoms with van der Waals surface area (Å²) in [5.74, 6) is 0.539. The lowest BCUT2D eigenvalue weighted by atomic mass is 10.0. The van der Waals surface area contributed by atoms with Gasteiger partial charge in [0.1, 0.15) is 0 Å². The molecule has 1 aromatic carbocycles. The monoisotopic (exact) mass is 385 g/mol. The molecule has 4 rings (SSSR count). The predicted octanol–water partition coefficient (Wildman–Crippen LogP) is 3.24. The van der Waals surface area contributed by atoms with Gasteiger partial charge in [-0.3, -0.25) is 9.69 Å². The van der Waals surface area contributed by atoms with Crippen LogP contribution < -0.4 is 4.74 Å². The predicted molar refractivity (Wildman–Crippen MR) is 105 cm³/mol. The Morgan fingerprint density at radius 1 is 1.33 bits per heavy atom. The van der Waals surface area contributed by atoms with Crippen molar-refractivity contribution in [2.24, 2.45) is 5.10 Å². The molecule has 0 unspecified atom stereocenters. The van der Waals surface area contributed by atoms with E-state index in [0.29, 0.717) is 18.7 Å². The zero-order chi connectivity index (χ0) is 18.8. The van der Waals surface area contributed by atoms with Crippen LogP contribution in [0.5, 0.6) is 11.5 Å². The van der Waals surface area contributed by atoms with E-state index in [9.17, 15) is 9.90 Å². The van der Waals surface area contributed by atoms with Crippen molar-refractivity contribution in [1.29, 1.82) is 0 Å². The lowest BCUT2D eigenvalue weighted by molar-refractivity contribution is -0.133. The number of likely N-dealkylation sites (tertiary alicyclic amines) is 1. The number of carbonyl (C=O) groups is 1. The molecule has 3 heterocycles. The molecule has 0 radical (unpaired) electrons. The maximum Gasteiger partial charge on any atom is 0.257 e. The molecule has 7 heteroatoms.